The van der Waals surface area contributed by atoms with Crippen LogP contribution in [-0.2, 0) is 16.0 Å². The molecule has 0 bridgehead atoms. The van der Waals surface area contributed by atoms with Crippen molar-refractivity contribution in [3.8, 4) is 0 Å². The molecule has 0 saturated heterocycles. The van der Waals surface area contributed by atoms with Gasteiger partial charge in [0, 0.05) is 5.41 Å². The number of aliphatic carboxylic acids is 1. The van der Waals surface area contributed by atoms with Crippen molar-refractivity contribution in [3.05, 3.63) is 17.8 Å². The number of hydrogen-bond acceptors (Lipinski definition) is 4. The van der Waals surface area contributed by atoms with Gasteiger partial charge in [-0.25, -0.2) is 4.98 Å². The molecule has 1 heterocycles. The zero-order valence-corrected chi connectivity index (χ0v) is 10.8. The Kier molecular flexibility index (Phi) is 4.02. The number of oxazole rings is 1. The van der Waals surface area contributed by atoms with Crippen molar-refractivity contribution >= 4 is 17.7 Å². The molecule has 0 radical (unpaired) electrons. The number of aromatic nitrogens is 1. The number of carbonyl (C=O) groups is 1. The van der Waals surface area contributed by atoms with Crippen LogP contribution in [0.2, 0.25) is 0 Å². The van der Waals surface area contributed by atoms with E-state index < -0.39 is 11.2 Å². The number of thioether (sulfide) groups is 1. The van der Waals surface area contributed by atoms with Crippen molar-refractivity contribution in [1.82, 2.24) is 4.98 Å². The number of carboxylic acid groups (broad SMARTS) is 1. The van der Waals surface area contributed by atoms with Crippen molar-refractivity contribution in [2.75, 3.05) is 0 Å². The van der Waals surface area contributed by atoms with Crippen LogP contribution in [0.15, 0.2) is 10.6 Å². The standard InChI is InChI=1S/C11H17NO3S/c1-7(10(13)14)16-6-9-12-5-8(15-9)11(2,3)4/h5,7H,6H2,1-4H3,(H,13,14). The van der Waals surface area contributed by atoms with Crippen LogP contribution in [0.25, 0.3) is 0 Å². The summed E-state index contributed by atoms with van der Waals surface area (Å²) in [6, 6.07) is 0. The molecule has 1 atom stereocenters. The van der Waals surface area contributed by atoms with Crippen molar-refractivity contribution in [2.45, 2.75) is 44.1 Å². The maximum Gasteiger partial charge on any atom is 0.316 e. The van der Waals surface area contributed by atoms with Crippen LogP contribution in [0, 0.1) is 0 Å². The van der Waals surface area contributed by atoms with Gasteiger partial charge in [-0.1, -0.05) is 20.8 Å². The quantitative estimate of drug-likeness (QED) is 0.880. The molecule has 1 aromatic rings. The summed E-state index contributed by atoms with van der Waals surface area (Å²) >= 11 is 1.31. The Labute approximate surface area is 99.4 Å². The highest BCUT2D eigenvalue weighted by atomic mass is 32.2. The van der Waals surface area contributed by atoms with Crippen molar-refractivity contribution in [3.63, 3.8) is 0 Å². The highest BCUT2D eigenvalue weighted by Gasteiger charge is 2.20. The first kappa shape index (κ1) is 13.1. The summed E-state index contributed by atoms with van der Waals surface area (Å²) in [6.07, 6.45) is 1.71. The fourth-order valence-electron chi connectivity index (χ4n) is 0.991. The molecule has 1 aromatic heterocycles. The van der Waals surface area contributed by atoms with Gasteiger partial charge in [0.25, 0.3) is 0 Å². The smallest absolute Gasteiger partial charge is 0.316 e. The lowest BCUT2D eigenvalue weighted by Crippen LogP contribution is -2.11. The highest BCUT2D eigenvalue weighted by molar-refractivity contribution is 7.99. The third-order valence-electron chi connectivity index (χ3n) is 2.10. The second-order valence-electron chi connectivity index (χ2n) is 4.66. The van der Waals surface area contributed by atoms with Crippen LogP contribution in [0.4, 0.5) is 0 Å². The topological polar surface area (TPSA) is 63.3 Å². The normalized spacial score (nSPS) is 13.8. The fraction of sp³-hybridized carbons (Fsp3) is 0.636. The average molecular weight is 243 g/mol. The number of hydrogen-bond donors (Lipinski definition) is 1. The molecule has 0 spiro atoms. The average Bonchev–Trinajstić information content (AvgIpc) is 2.61. The minimum Gasteiger partial charge on any atom is -0.480 e. The van der Waals surface area contributed by atoms with E-state index in [2.05, 4.69) is 4.98 Å². The molecule has 0 aromatic carbocycles. The van der Waals surface area contributed by atoms with E-state index in [1.165, 1.54) is 11.8 Å². The van der Waals surface area contributed by atoms with E-state index in [4.69, 9.17) is 9.52 Å². The molecular formula is C11H17NO3S. The van der Waals surface area contributed by atoms with Crippen LogP contribution in [0.1, 0.15) is 39.3 Å². The lowest BCUT2D eigenvalue weighted by Gasteiger charge is -2.13. The summed E-state index contributed by atoms with van der Waals surface area (Å²) < 4.78 is 5.55. The van der Waals surface area contributed by atoms with Gasteiger partial charge < -0.3 is 9.52 Å². The highest BCUT2D eigenvalue weighted by Crippen LogP contribution is 2.25. The van der Waals surface area contributed by atoms with Crippen molar-refractivity contribution in [1.29, 1.82) is 0 Å². The number of carboxylic acids is 1. The van der Waals surface area contributed by atoms with Gasteiger partial charge in [-0.05, 0) is 6.92 Å². The van der Waals surface area contributed by atoms with Crippen molar-refractivity contribution < 1.29 is 14.3 Å². The summed E-state index contributed by atoms with van der Waals surface area (Å²) in [7, 11) is 0. The minimum atomic E-state index is -0.812. The summed E-state index contributed by atoms with van der Waals surface area (Å²) in [5, 5.41) is 8.28. The van der Waals surface area contributed by atoms with Crippen LogP contribution in [0.5, 0.6) is 0 Å². The molecule has 5 heteroatoms. The molecule has 1 N–H and O–H groups in total. The molecule has 4 nitrogen and oxygen atoms in total. The van der Waals surface area contributed by atoms with Gasteiger partial charge in [-0.3, -0.25) is 4.79 Å². The van der Waals surface area contributed by atoms with Gasteiger partial charge in [0.05, 0.1) is 17.2 Å². The Bertz CT molecular complexity index is 368. The lowest BCUT2D eigenvalue weighted by molar-refractivity contribution is -0.136. The Morgan fingerprint density at radius 2 is 2.25 bits per heavy atom. The van der Waals surface area contributed by atoms with E-state index in [9.17, 15) is 4.79 Å². The van der Waals surface area contributed by atoms with Gasteiger partial charge >= 0.3 is 5.97 Å². The maximum absolute atomic E-state index is 10.6. The van der Waals surface area contributed by atoms with Crippen LogP contribution >= 0.6 is 11.8 Å². The van der Waals surface area contributed by atoms with Gasteiger partial charge in [0.2, 0.25) is 5.89 Å². The molecule has 1 unspecified atom stereocenters. The molecule has 90 valence electrons. The second-order valence-corrected chi connectivity index (χ2v) is 5.99. The Hall–Kier alpha value is -0.970. The number of nitrogens with zero attached hydrogens (tertiary/aromatic N) is 1. The fourth-order valence-corrected chi connectivity index (χ4v) is 1.66. The predicted molar refractivity (Wildman–Crippen MR) is 63.6 cm³/mol. The minimum absolute atomic E-state index is 0.0612. The van der Waals surface area contributed by atoms with Gasteiger partial charge in [0.15, 0.2) is 0 Å². The van der Waals surface area contributed by atoms with Gasteiger partial charge in [0.1, 0.15) is 5.76 Å². The predicted octanol–water partition coefficient (Wildman–Crippen LogP) is 2.68. The summed E-state index contributed by atoms with van der Waals surface area (Å²) in [5.41, 5.74) is -0.0612. The molecule has 0 fully saturated rings. The summed E-state index contributed by atoms with van der Waals surface area (Å²) in [5.74, 6) is 1.09. The zero-order chi connectivity index (χ0) is 12.3. The maximum atomic E-state index is 10.6. The molecule has 16 heavy (non-hydrogen) atoms. The molecule has 0 aliphatic rings. The molecular weight excluding hydrogens is 226 g/mol. The first-order valence-electron chi connectivity index (χ1n) is 5.10. The summed E-state index contributed by atoms with van der Waals surface area (Å²) in [4.78, 5) is 14.7. The monoisotopic (exact) mass is 243 g/mol. The van der Waals surface area contributed by atoms with Gasteiger partial charge in [-0.15, -0.1) is 11.8 Å². The van der Waals surface area contributed by atoms with Gasteiger partial charge in [-0.2, -0.15) is 0 Å². The van der Waals surface area contributed by atoms with Crippen molar-refractivity contribution in [2.24, 2.45) is 0 Å². The van der Waals surface area contributed by atoms with Crippen LogP contribution in [0.3, 0.4) is 0 Å². The molecule has 0 amide bonds. The SMILES string of the molecule is CC(SCc1ncc(C(C)(C)C)o1)C(=O)O. The first-order chi connectivity index (χ1) is 7.30. The first-order valence-corrected chi connectivity index (χ1v) is 6.15. The lowest BCUT2D eigenvalue weighted by atomic mass is 9.94. The van der Waals surface area contributed by atoms with E-state index in [1.54, 1.807) is 13.1 Å². The molecule has 1 rings (SSSR count). The largest absolute Gasteiger partial charge is 0.480 e. The van der Waals surface area contributed by atoms with E-state index in [0.29, 0.717) is 11.6 Å². The third kappa shape index (κ3) is 3.56. The molecule has 0 aliphatic carbocycles. The third-order valence-corrected chi connectivity index (χ3v) is 3.21. The van der Waals surface area contributed by atoms with E-state index in [1.807, 2.05) is 20.8 Å². The van der Waals surface area contributed by atoms with Crippen LogP contribution in [-0.4, -0.2) is 21.3 Å². The summed E-state index contributed by atoms with van der Waals surface area (Å²) in [6.45, 7) is 7.79. The zero-order valence-electron chi connectivity index (χ0n) is 9.98. The Balaban J connectivity index is 2.57. The van der Waals surface area contributed by atoms with Crippen LogP contribution < -0.4 is 0 Å². The number of rotatable bonds is 4. The second kappa shape index (κ2) is 4.91. The van der Waals surface area contributed by atoms with E-state index in [0.717, 1.165) is 5.76 Å². The molecule has 0 saturated carbocycles. The van der Waals surface area contributed by atoms with E-state index in [-0.39, 0.29) is 5.41 Å². The molecule has 0 aliphatic heterocycles. The Morgan fingerprint density at radius 3 is 2.69 bits per heavy atom. The van der Waals surface area contributed by atoms with E-state index >= 15 is 0 Å². The Morgan fingerprint density at radius 1 is 1.62 bits per heavy atom.